The highest BCUT2D eigenvalue weighted by Gasteiger charge is 2.41. The zero-order valence-corrected chi connectivity index (χ0v) is 10.0. The second-order valence-corrected chi connectivity index (χ2v) is 5.62. The molecule has 0 aliphatic heterocycles. The van der Waals surface area contributed by atoms with Gasteiger partial charge in [-0.3, -0.25) is 4.79 Å². The number of hydrogen-bond acceptors (Lipinski definition) is 2. The lowest BCUT2D eigenvalue weighted by molar-refractivity contribution is -0.121. The van der Waals surface area contributed by atoms with Gasteiger partial charge in [-0.05, 0) is 25.2 Å². The predicted molar refractivity (Wildman–Crippen MR) is 63.0 cm³/mol. The molecule has 0 spiro atoms. The van der Waals surface area contributed by atoms with Gasteiger partial charge in [-0.1, -0.05) is 25.7 Å². The van der Waals surface area contributed by atoms with E-state index in [4.69, 9.17) is 5.11 Å². The molecule has 0 saturated heterocycles. The van der Waals surface area contributed by atoms with Crippen molar-refractivity contribution < 1.29 is 9.90 Å². The number of aliphatic hydroxyl groups is 1. The van der Waals surface area contributed by atoms with E-state index in [-0.39, 0.29) is 17.9 Å². The van der Waals surface area contributed by atoms with Crippen LogP contribution >= 0.6 is 0 Å². The SMILES string of the molecule is O=C(CCC1CCCC1)NCC1(CO)CC1. The first-order valence-corrected chi connectivity index (χ1v) is 6.62. The molecular formula is C13H23NO2. The van der Waals surface area contributed by atoms with Gasteiger partial charge in [0, 0.05) is 18.4 Å². The van der Waals surface area contributed by atoms with Crippen molar-refractivity contribution in [1.29, 1.82) is 0 Å². The summed E-state index contributed by atoms with van der Waals surface area (Å²) in [5.74, 6) is 0.963. The Morgan fingerprint density at radius 1 is 1.31 bits per heavy atom. The molecule has 0 aromatic heterocycles. The fraction of sp³-hybridized carbons (Fsp3) is 0.923. The first kappa shape index (κ1) is 11.9. The molecule has 2 aliphatic carbocycles. The maximum atomic E-state index is 11.6. The average Bonchev–Trinajstić information content (AvgIpc) is 2.90. The first-order chi connectivity index (χ1) is 7.74. The molecule has 1 amide bonds. The molecule has 0 heterocycles. The van der Waals surface area contributed by atoms with Gasteiger partial charge in [-0.25, -0.2) is 0 Å². The van der Waals surface area contributed by atoms with Crippen molar-refractivity contribution in [2.45, 2.75) is 51.4 Å². The molecule has 3 heteroatoms. The van der Waals surface area contributed by atoms with Crippen LogP contribution in [-0.4, -0.2) is 24.2 Å². The van der Waals surface area contributed by atoms with Gasteiger partial charge < -0.3 is 10.4 Å². The molecule has 2 N–H and O–H groups in total. The van der Waals surface area contributed by atoms with Crippen LogP contribution in [0.15, 0.2) is 0 Å². The van der Waals surface area contributed by atoms with Crippen LogP contribution in [0.25, 0.3) is 0 Å². The molecule has 0 aromatic rings. The monoisotopic (exact) mass is 225 g/mol. The number of nitrogens with one attached hydrogen (secondary N) is 1. The molecule has 2 fully saturated rings. The molecule has 0 unspecified atom stereocenters. The van der Waals surface area contributed by atoms with E-state index in [0.717, 1.165) is 25.2 Å². The number of carbonyl (C=O) groups is 1. The zero-order chi connectivity index (χ0) is 11.4. The van der Waals surface area contributed by atoms with Crippen LogP contribution in [-0.2, 0) is 4.79 Å². The molecular weight excluding hydrogens is 202 g/mol. The van der Waals surface area contributed by atoms with Crippen molar-refractivity contribution in [3.8, 4) is 0 Å². The molecule has 2 saturated carbocycles. The van der Waals surface area contributed by atoms with Crippen LogP contribution in [0.1, 0.15) is 51.4 Å². The van der Waals surface area contributed by atoms with Crippen LogP contribution in [0, 0.1) is 11.3 Å². The second-order valence-electron chi connectivity index (χ2n) is 5.62. The van der Waals surface area contributed by atoms with Gasteiger partial charge in [0.1, 0.15) is 0 Å². The zero-order valence-electron chi connectivity index (χ0n) is 10.0. The number of rotatable bonds is 6. The average molecular weight is 225 g/mol. The highest BCUT2D eigenvalue weighted by Crippen LogP contribution is 2.44. The number of carbonyl (C=O) groups excluding carboxylic acids is 1. The minimum absolute atomic E-state index is 0.0447. The molecule has 0 bridgehead atoms. The fourth-order valence-electron chi connectivity index (χ4n) is 2.58. The Morgan fingerprint density at radius 3 is 2.56 bits per heavy atom. The fourth-order valence-corrected chi connectivity index (χ4v) is 2.58. The normalized spacial score (nSPS) is 23.3. The van der Waals surface area contributed by atoms with Crippen molar-refractivity contribution in [3.05, 3.63) is 0 Å². The minimum Gasteiger partial charge on any atom is -0.396 e. The second kappa shape index (κ2) is 5.17. The maximum absolute atomic E-state index is 11.6. The minimum atomic E-state index is 0.0447. The van der Waals surface area contributed by atoms with Crippen LogP contribution in [0.5, 0.6) is 0 Å². The smallest absolute Gasteiger partial charge is 0.220 e. The van der Waals surface area contributed by atoms with Gasteiger partial charge >= 0.3 is 0 Å². The summed E-state index contributed by atoms with van der Waals surface area (Å²) >= 11 is 0. The van der Waals surface area contributed by atoms with Crippen LogP contribution < -0.4 is 5.32 Å². The molecule has 2 aliphatic rings. The van der Waals surface area contributed by atoms with Crippen LogP contribution in [0.4, 0.5) is 0 Å². The number of aliphatic hydroxyl groups excluding tert-OH is 1. The van der Waals surface area contributed by atoms with Gasteiger partial charge in [0.05, 0.1) is 6.61 Å². The largest absolute Gasteiger partial charge is 0.396 e. The summed E-state index contributed by atoms with van der Waals surface area (Å²) in [6.45, 7) is 0.892. The summed E-state index contributed by atoms with van der Waals surface area (Å²) in [6, 6.07) is 0. The van der Waals surface area contributed by atoms with Gasteiger partial charge in [0.25, 0.3) is 0 Å². The molecule has 2 rings (SSSR count). The standard InChI is InChI=1S/C13H23NO2/c15-10-13(7-8-13)9-14-12(16)6-5-11-3-1-2-4-11/h11,15H,1-10H2,(H,14,16). The van der Waals surface area contributed by atoms with Crippen molar-refractivity contribution in [1.82, 2.24) is 5.32 Å². The van der Waals surface area contributed by atoms with Crippen molar-refractivity contribution in [2.75, 3.05) is 13.2 Å². The Morgan fingerprint density at radius 2 is 2.00 bits per heavy atom. The summed E-state index contributed by atoms with van der Waals surface area (Å²) < 4.78 is 0. The van der Waals surface area contributed by atoms with Gasteiger partial charge in [0.15, 0.2) is 0 Å². The van der Waals surface area contributed by atoms with Crippen molar-refractivity contribution in [3.63, 3.8) is 0 Å². The quantitative estimate of drug-likeness (QED) is 0.724. The van der Waals surface area contributed by atoms with Crippen molar-refractivity contribution in [2.24, 2.45) is 11.3 Å². The highest BCUT2D eigenvalue weighted by molar-refractivity contribution is 5.75. The third kappa shape index (κ3) is 3.21. The van der Waals surface area contributed by atoms with E-state index >= 15 is 0 Å². The lowest BCUT2D eigenvalue weighted by Gasteiger charge is -2.13. The third-order valence-electron chi connectivity index (χ3n) is 4.21. The van der Waals surface area contributed by atoms with Gasteiger partial charge in [-0.15, -0.1) is 0 Å². The molecule has 0 radical (unpaired) electrons. The highest BCUT2D eigenvalue weighted by atomic mass is 16.3. The van der Waals surface area contributed by atoms with E-state index < -0.39 is 0 Å². The molecule has 0 atom stereocenters. The van der Waals surface area contributed by atoms with Gasteiger partial charge in [0.2, 0.25) is 5.91 Å². The Balaban J connectivity index is 1.57. The molecule has 92 valence electrons. The lowest BCUT2D eigenvalue weighted by Crippen LogP contribution is -2.31. The third-order valence-corrected chi connectivity index (χ3v) is 4.21. The Bertz CT molecular complexity index is 242. The van der Waals surface area contributed by atoms with E-state index in [2.05, 4.69) is 5.32 Å². The van der Waals surface area contributed by atoms with Crippen LogP contribution in [0.2, 0.25) is 0 Å². The van der Waals surface area contributed by atoms with E-state index in [1.165, 1.54) is 25.7 Å². The Kier molecular flexibility index (Phi) is 3.85. The van der Waals surface area contributed by atoms with Crippen molar-refractivity contribution >= 4 is 5.91 Å². The lowest BCUT2D eigenvalue weighted by atomic mass is 10.0. The first-order valence-electron chi connectivity index (χ1n) is 6.62. The van der Waals surface area contributed by atoms with Gasteiger partial charge in [-0.2, -0.15) is 0 Å². The van der Waals surface area contributed by atoms with E-state index in [1.54, 1.807) is 0 Å². The molecule has 0 aromatic carbocycles. The summed E-state index contributed by atoms with van der Waals surface area (Å²) in [7, 11) is 0. The number of amides is 1. The maximum Gasteiger partial charge on any atom is 0.220 e. The summed E-state index contributed by atoms with van der Waals surface area (Å²) in [6.07, 6.45) is 9.17. The predicted octanol–water partition coefficient (Wildman–Crippen LogP) is 1.85. The van der Waals surface area contributed by atoms with Crippen LogP contribution in [0.3, 0.4) is 0 Å². The molecule has 3 nitrogen and oxygen atoms in total. The Labute approximate surface area is 97.6 Å². The van der Waals surface area contributed by atoms with E-state index in [1.807, 2.05) is 0 Å². The van der Waals surface area contributed by atoms with E-state index in [0.29, 0.717) is 13.0 Å². The van der Waals surface area contributed by atoms with E-state index in [9.17, 15) is 4.79 Å². The summed E-state index contributed by atoms with van der Waals surface area (Å²) in [4.78, 5) is 11.6. The summed E-state index contributed by atoms with van der Waals surface area (Å²) in [5.41, 5.74) is 0.0447. The molecule has 16 heavy (non-hydrogen) atoms. The number of hydrogen-bond donors (Lipinski definition) is 2. The topological polar surface area (TPSA) is 49.3 Å². The Hall–Kier alpha value is -0.570. The summed E-state index contributed by atoms with van der Waals surface area (Å²) in [5, 5.41) is 12.1.